The van der Waals surface area contributed by atoms with Crippen LogP contribution in [0.15, 0.2) is 69.1 Å². The molecule has 0 unspecified atom stereocenters. The minimum Gasteiger partial charge on any atom is -0.408 e. The van der Waals surface area contributed by atoms with E-state index >= 15 is 0 Å². The van der Waals surface area contributed by atoms with Gasteiger partial charge in [0.2, 0.25) is 5.89 Å². The van der Waals surface area contributed by atoms with Gasteiger partial charge in [0.1, 0.15) is 0 Å². The van der Waals surface area contributed by atoms with Crippen LogP contribution in [0.5, 0.6) is 0 Å². The molecule has 0 saturated carbocycles. The van der Waals surface area contributed by atoms with Gasteiger partial charge >= 0.3 is 5.22 Å². The van der Waals surface area contributed by atoms with Gasteiger partial charge in [0.25, 0.3) is 9.84 Å². The van der Waals surface area contributed by atoms with Gasteiger partial charge in [-0.15, -0.1) is 5.10 Å². The Morgan fingerprint density at radius 3 is 2.24 bits per heavy atom. The summed E-state index contributed by atoms with van der Waals surface area (Å²) >= 11 is 5.79. The monoisotopic (exact) mass is 320 g/mol. The number of sulfone groups is 1. The van der Waals surface area contributed by atoms with E-state index in [0.29, 0.717) is 10.6 Å². The van der Waals surface area contributed by atoms with Crippen molar-refractivity contribution in [1.29, 1.82) is 0 Å². The predicted molar refractivity (Wildman–Crippen MR) is 76.6 cm³/mol. The Bertz CT molecular complexity index is 859. The third-order valence-electron chi connectivity index (χ3n) is 2.78. The van der Waals surface area contributed by atoms with E-state index < -0.39 is 15.1 Å². The molecule has 2 aromatic carbocycles. The number of hydrogen-bond acceptors (Lipinski definition) is 5. The van der Waals surface area contributed by atoms with Crippen LogP contribution in [-0.2, 0) is 9.84 Å². The zero-order chi connectivity index (χ0) is 14.9. The number of benzene rings is 2. The molecule has 1 aromatic heterocycles. The van der Waals surface area contributed by atoms with Crippen molar-refractivity contribution in [1.82, 2.24) is 10.2 Å². The van der Waals surface area contributed by atoms with Gasteiger partial charge in [0, 0.05) is 10.6 Å². The molecule has 21 heavy (non-hydrogen) atoms. The van der Waals surface area contributed by atoms with E-state index in [2.05, 4.69) is 10.2 Å². The summed E-state index contributed by atoms with van der Waals surface area (Å²) in [6.45, 7) is 0. The second-order valence-corrected chi connectivity index (χ2v) is 6.46. The molecule has 0 fully saturated rings. The Labute approximate surface area is 126 Å². The minimum atomic E-state index is -3.80. The Hall–Kier alpha value is -2.18. The first kappa shape index (κ1) is 13.8. The van der Waals surface area contributed by atoms with Crippen LogP contribution in [0.1, 0.15) is 0 Å². The first-order valence-corrected chi connectivity index (χ1v) is 7.83. The number of aromatic nitrogens is 2. The summed E-state index contributed by atoms with van der Waals surface area (Å²) in [5, 5.41) is 7.53. The smallest absolute Gasteiger partial charge is 0.340 e. The average Bonchev–Trinajstić information content (AvgIpc) is 2.99. The number of halogens is 1. The molecule has 0 aliphatic heterocycles. The molecule has 0 bridgehead atoms. The van der Waals surface area contributed by atoms with E-state index in [9.17, 15) is 8.42 Å². The highest BCUT2D eigenvalue weighted by molar-refractivity contribution is 7.91. The third-order valence-corrected chi connectivity index (χ3v) is 4.55. The molecule has 0 aliphatic rings. The largest absolute Gasteiger partial charge is 0.408 e. The molecule has 0 saturated heterocycles. The molecular formula is C14H9ClN2O3S. The molecule has 0 spiro atoms. The van der Waals surface area contributed by atoms with Gasteiger partial charge in [-0.05, 0) is 36.4 Å². The lowest BCUT2D eigenvalue weighted by Gasteiger charge is -1.98. The lowest BCUT2D eigenvalue weighted by atomic mass is 10.2. The highest BCUT2D eigenvalue weighted by atomic mass is 35.5. The van der Waals surface area contributed by atoms with E-state index in [1.54, 1.807) is 42.5 Å². The Kier molecular flexibility index (Phi) is 3.48. The van der Waals surface area contributed by atoms with E-state index in [4.69, 9.17) is 16.0 Å². The van der Waals surface area contributed by atoms with Gasteiger partial charge < -0.3 is 4.42 Å². The molecule has 0 radical (unpaired) electrons. The summed E-state index contributed by atoms with van der Waals surface area (Å²) in [5.74, 6) is 0.126. The van der Waals surface area contributed by atoms with Crippen LogP contribution in [0, 0.1) is 0 Å². The summed E-state index contributed by atoms with van der Waals surface area (Å²) in [6, 6.07) is 14.6. The van der Waals surface area contributed by atoms with Crippen LogP contribution in [0.4, 0.5) is 0 Å². The molecular weight excluding hydrogens is 312 g/mol. The van der Waals surface area contributed by atoms with Crippen LogP contribution >= 0.6 is 11.6 Å². The summed E-state index contributed by atoms with van der Waals surface area (Å²) in [5.41, 5.74) is 0.599. The zero-order valence-electron chi connectivity index (χ0n) is 10.6. The standard InChI is InChI=1S/C14H9ClN2O3S/c15-11-8-6-10(7-9-11)13-16-17-14(20-13)21(18,19)12-4-2-1-3-5-12/h1-9H. The molecule has 0 N–H and O–H groups in total. The van der Waals surface area contributed by atoms with Crippen LogP contribution < -0.4 is 0 Å². The van der Waals surface area contributed by atoms with Crippen molar-refractivity contribution in [3.05, 3.63) is 59.6 Å². The minimum absolute atomic E-state index is 0.108. The molecule has 0 amide bonds. The fourth-order valence-corrected chi connectivity index (χ4v) is 2.91. The normalized spacial score (nSPS) is 11.5. The van der Waals surface area contributed by atoms with Gasteiger partial charge in [0.05, 0.1) is 4.90 Å². The van der Waals surface area contributed by atoms with Crippen molar-refractivity contribution >= 4 is 21.4 Å². The fraction of sp³-hybridized carbons (Fsp3) is 0. The van der Waals surface area contributed by atoms with Crippen LogP contribution in [0.3, 0.4) is 0 Å². The summed E-state index contributed by atoms with van der Waals surface area (Å²) < 4.78 is 29.9. The van der Waals surface area contributed by atoms with Crippen molar-refractivity contribution < 1.29 is 12.8 Å². The lowest BCUT2D eigenvalue weighted by Crippen LogP contribution is -2.01. The second kappa shape index (κ2) is 5.31. The van der Waals surface area contributed by atoms with Crippen LogP contribution in [0.2, 0.25) is 5.02 Å². The highest BCUT2D eigenvalue weighted by Crippen LogP contribution is 2.24. The first-order chi connectivity index (χ1) is 10.1. The molecule has 0 atom stereocenters. The lowest BCUT2D eigenvalue weighted by molar-refractivity contribution is 0.440. The van der Waals surface area contributed by atoms with Gasteiger partial charge in [-0.1, -0.05) is 34.9 Å². The maximum atomic E-state index is 12.3. The van der Waals surface area contributed by atoms with Crippen molar-refractivity contribution in [3.8, 4) is 11.5 Å². The average molecular weight is 321 g/mol. The zero-order valence-corrected chi connectivity index (χ0v) is 12.2. The first-order valence-electron chi connectivity index (χ1n) is 5.97. The topological polar surface area (TPSA) is 73.1 Å². The van der Waals surface area contributed by atoms with Gasteiger partial charge in [-0.25, -0.2) is 8.42 Å². The maximum Gasteiger partial charge on any atom is 0.340 e. The predicted octanol–water partition coefficient (Wildman–Crippen LogP) is 3.22. The van der Waals surface area contributed by atoms with Crippen LogP contribution in [-0.4, -0.2) is 18.6 Å². The second-order valence-electron chi connectivity index (χ2n) is 4.20. The summed E-state index contributed by atoms with van der Waals surface area (Å²) in [7, 11) is -3.80. The molecule has 7 heteroatoms. The number of rotatable bonds is 3. The number of hydrogen-bond donors (Lipinski definition) is 0. The molecule has 1 heterocycles. The van der Waals surface area contributed by atoms with Gasteiger partial charge in [0.15, 0.2) is 0 Å². The van der Waals surface area contributed by atoms with E-state index in [-0.39, 0.29) is 10.8 Å². The van der Waals surface area contributed by atoms with E-state index in [0.717, 1.165) is 0 Å². The van der Waals surface area contributed by atoms with Crippen LogP contribution in [0.25, 0.3) is 11.5 Å². The SMILES string of the molecule is O=S(=O)(c1ccccc1)c1nnc(-c2ccc(Cl)cc2)o1. The molecule has 3 aromatic rings. The van der Waals surface area contributed by atoms with E-state index in [1.807, 2.05) is 0 Å². The number of nitrogens with zero attached hydrogens (tertiary/aromatic N) is 2. The molecule has 3 rings (SSSR count). The Morgan fingerprint density at radius 2 is 1.57 bits per heavy atom. The van der Waals surface area contributed by atoms with Crippen molar-refractivity contribution in [3.63, 3.8) is 0 Å². The van der Waals surface area contributed by atoms with Gasteiger partial charge in [-0.3, -0.25) is 0 Å². The van der Waals surface area contributed by atoms with Crippen molar-refractivity contribution in [2.24, 2.45) is 0 Å². The molecule has 0 aliphatic carbocycles. The summed E-state index contributed by atoms with van der Waals surface area (Å²) in [6.07, 6.45) is 0. The van der Waals surface area contributed by atoms with Gasteiger partial charge in [-0.2, -0.15) is 0 Å². The molecule has 5 nitrogen and oxygen atoms in total. The maximum absolute atomic E-state index is 12.3. The van der Waals surface area contributed by atoms with Crippen molar-refractivity contribution in [2.75, 3.05) is 0 Å². The third kappa shape index (κ3) is 2.68. The quantitative estimate of drug-likeness (QED) is 0.740. The summed E-state index contributed by atoms with van der Waals surface area (Å²) in [4.78, 5) is 0.108. The molecule has 106 valence electrons. The fourth-order valence-electron chi connectivity index (χ4n) is 1.73. The Morgan fingerprint density at radius 1 is 0.905 bits per heavy atom. The highest BCUT2D eigenvalue weighted by Gasteiger charge is 2.25. The Balaban J connectivity index is 2.01. The van der Waals surface area contributed by atoms with E-state index in [1.165, 1.54) is 12.1 Å². The van der Waals surface area contributed by atoms with Crippen molar-refractivity contribution in [2.45, 2.75) is 10.1 Å².